The van der Waals surface area contributed by atoms with Gasteiger partial charge in [-0.05, 0) is 56.2 Å². The van der Waals surface area contributed by atoms with Crippen LogP contribution in [0.4, 0.5) is 0 Å². The smallest absolute Gasteiger partial charge is 0.230 e. The summed E-state index contributed by atoms with van der Waals surface area (Å²) >= 11 is 1.75. The highest BCUT2D eigenvalue weighted by atomic mass is 32.1. The molecule has 3 fully saturated rings. The van der Waals surface area contributed by atoms with E-state index in [-0.39, 0.29) is 11.3 Å². The molecule has 1 aromatic heterocycles. The van der Waals surface area contributed by atoms with Crippen molar-refractivity contribution in [2.24, 2.45) is 5.41 Å². The molecule has 3 aliphatic rings. The summed E-state index contributed by atoms with van der Waals surface area (Å²) < 4.78 is 0. The summed E-state index contributed by atoms with van der Waals surface area (Å²) in [6.45, 7) is 4.19. The zero-order valence-electron chi connectivity index (χ0n) is 15.7. The van der Waals surface area contributed by atoms with Gasteiger partial charge >= 0.3 is 0 Å². The van der Waals surface area contributed by atoms with E-state index in [4.69, 9.17) is 0 Å². The highest BCUT2D eigenvalue weighted by Gasteiger charge is 2.49. The molecule has 3 heterocycles. The summed E-state index contributed by atoms with van der Waals surface area (Å²) in [4.78, 5) is 22.5. The number of likely N-dealkylation sites (tertiary alicyclic amines) is 2. The Bertz CT molecular complexity index is 779. The second kappa shape index (κ2) is 7.02. The molecule has 5 heteroatoms. The average molecular weight is 382 g/mol. The van der Waals surface area contributed by atoms with Crippen LogP contribution in [0.1, 0.15) is 48.6 Å². The van der Waals surface area contributed by atoms with E-state index in [0.29, 0.717) is 11.9 Å². The molecule has 0 bridgehead atoms. The molecule has 1 spiro atoms. The van der Waals surface area contributed by atoms with Crippen molar-refractivity contribution in [3.05, 3.63) is 52.5 Å². The van der Waals surface area contributed by atoms with Crippen molar-refractivity contribution in [3.8, 4) is 0 Å². The molecular formula is C22H27N3OS. The van der Waals surface area contributed by atoms with Gasteiger partial charge in [-0.2, -0.15) is 0 Å². The van der Waals surface area contributed by atoms with Crippen LogP contribution in [0.15, 0.2) is 41.9 Å². The third-order valence-corrected chi connectivity index (χ3v) is 7.44. The fourth-order valence-corrected chi connectivity index (χ4v) is 5.59. The Hall–Kier alpha value is -1.72. The minimum Gasteiger partial charge on any atom is -0.339 e. The van der Waals surface area contributed by atoms with Crippen molar-refractivity contribution in [3.63, 3.8) is 0 Å². The van der Waals surface area contributed by atoms with E-state index in [1.165, 1.54) is 36.3 Å². The molecule has 1 amide bonds. The molecule has 0 N–H and O–H groups in total. The second-order valence-corrected chi connectivity index (χ2v) is 9.55. The minimum atomic E-state index is 0.0473. The maximum absolute atomic E-state index is 13.2. The zero-order valence-corrected chi connectivity index (χ0v) is 16.5. The van der Waals surface area contributed by atoms with Gasteiger partial charge in [-0.1, -0.05) is 30.3 Å². The molecule has 2 aromatic rings. The van der Waals surface area contributed by atoms with E-state index in [1.54, 1.807) is 11.3 Å². The van der Waals surface area contributed by atoms with E-state index < -0.39 is 0 Å². The molecule has 0 radical (unpaired) electrons. The van der Waals surface area contributed by atoms with E-state index in [9.17, 15) is 4.79 Å². The van der Waals surface area contributed by atoms with Crippen LogP contribution in [0.2, 0.25) is 0 Å². The van der Waals surface area contributed by atoms with Gasteiger partial charge in [0.1, 0.15) is 5.01 Å². The second-order valence-electron chi connectivity index (χ2n) is 8.57. The first-order valence-corrected chi connectivity index (χ1v) is 11.1. The Morgan fingerprint density at radius 2 is 1.93 bits per heavy atom. The zero-order chi connectivity index (χ0) is 18.3. The maximum Gasteiger partial charge on any atom is 0.230 e. The average Bonchev–Trinajstić information content (AvgIpc) is 3.43. The molecule has 142 valence electrons. The predicted molar refractivity (Wildman–Crippen MR) is 108 cm³/mol. The molecule has 27 heavy (non-hydrogen) atoms. The number of hydrogen-bond donors (Lipinski definition) is 0. The molecule has 1 aromatic carbocycles. The molecule has 2 aliphatic heterocycles. The molecule has 4 nitrogen and oxygen atoms in total. The van der Waals surface area contributed by atoms with Crippen LogP contribution in [-0.4, -0.2) is 46.4 Å². The molecule has 2 saturated heterocycles. The Morgan fingerprint density at radius 3 is 2.59 bits per heavy atom. The number of rotatable bonds is 4. The van der Waals surface area contributed by atoms with Crippen molar-refractivity contribution in [2.75, 3.05) is 19.6 Å². The number of benzene rings is 1. The Kier molecular flexibility index (Phi) is 4.52. The first-order chi connectivity index (χ1) is 13.2. The fourth-order valence-electron chi connectivity index (χ4n) is 4.94. The largest absolute Gasteiger partial charge is 0.339 e. The molecule has 0 unspecified atom stereocenters. The van der Waals surface area contributed by atoms with Gasteiger partial charge in [0.2, 0.25) is 5.91 Å². The SMILES string of the molecule is O=C1[C@@H](c2ccccc2)CC2(CCN(Cc3nccs3)CC2)CN1C1CC1. The predicted octanol–water partition coefficient (Wildman–Crippen LogP) is 3.90. The van der Waals surface area contributed by atoms with Crippen LogP contribution in [0.3, 0.4) is 0 Å². The van der Waals surface area contributed by atoms with Crippen LogP contribution in [0.5, 0.6) is 0 Å². The normalized spacial score (nSPS) is 25.9. The number of carbonyl (C=O) groups excluding carboxylic acids is 1. The summed E-state index contributed by atoms with van der Waals surface area (Å²) in [6, 6.07) is 11.0. The Labute approximate surface area is 165 Å². The van der Waals surface area contributed by atoms with Crippen LogP contribution in [0.25, 0.3) is 0 Å². The number of amides is 1. The lowest BCUT2D eigenvalue weighted by molar-refractivity contribution is -0.142. The molecule has 1 saturated carbocycles. The third-order valence-electron chi connectivity index (χ3n) is 6.67. The lowest BCUT2D eigenvalue weighted by Crippen LogP contribution is -2.54. The highest BCUT2D eigenvalue weighted by Crippen LogP contribution is 2.48. The fraction of sp³-hybridized carbons (Fsp3) is 0.545. The monoisotopic (exact) mass is 381 g/mol. The third kappa shape index (κ3) is 3.55. The molecular weight excluding hydrogens is 354 g/mol. The van der Waals surface area contributed by atoms with Crippen LogP contribution in [0, 0.1) is 5.41 Å². The first-order valence-electron chi connectivity index (χ1n) is 10.2. The number of aromatic nitrogens is 1. The first kappa shape index (κ1) is 17.4. The quantitative estimate of drug-likeness (QED) is 0.806. The topological polar surface area (TPSA) is 36.4 Å². The van der Waals surface area contributed by atoms with Gasteiger partial charge in [-0.15, -0.1) is 11.3 Å². The van der Waals surface area contributed by atoms with Crippen molar-refractivity contribution >= 4 is 17.2 Å². The van der Waals surface area contributed by atoms with E-state index >= 15 is 0 Å². The van der Waals surface area contributed by atoms with E-state index in [1.807, 2.05) is 12.3 Å². The maximum atomic E-state index is 13.2. The number of hydrogen-bond acceptors (Lipinski definition) is 4. The Balaban J connectivity index is 1.33. The van der Waals surface area contributed by atoms with Crippen molar-refractivity contribution in [1.29, 1.82) is 0 Å². The summed E-state index contributed by atoms with van der Waals surface area (Å²) in [7, 11) is 0. The van der Waals surface area contributed by atoms with Gasteiger partial charge in [0.25, 0.3) is 0 Å². The highest BCUT2D eigenvalue weighted by molar-refractivity contribution is 7.09. The minimum absolute atomic E-state index is 0.0473. The number of carbonyl (C=O) groups is 1. The van der Waals surface area contributed by atoms with Gasteiger partial charge in [0.05, 0.1) is 12.5 Å². The molecule has 1 atom stereocenters. The van der Waals surface area contributed by atoms with Gasteiger partial charge in [-0.3, -0.25) is 9.69 Å². The van der Waals surface area contributed by atoms with Gasteiger partial charge in [0.15, 0.2) is 0 Å². The standard InChI is InChI=1S/C22H27N3OS/c26-21-19(17-4-2-1-3-5-17)14-22(16-25(21)18-6-7-18)8-11-24(12-9-22)15-20-23-10-13-27-20/h1-5,10,13,18-19H,6-9,11-12,14-16H2/t19-/m1/s1. The van der Waals surface area contributed by atoms with Gasteiger partial charge < -0.3 is 4.90 Å². The number of nitrogens with zero attached hydrogens (tertiary/aromatic N) is 3. The van der Waals surface area contributed by atoms with Gasteiger partial charge in [0, 0.05) is 24.2 Å². The summed E-state index contributed by atoms with van der Waals surface area (Å²) in [5.74, 6) is 0.422. The lowest BCUT2D eigenvalue weighted by atomic mass is 9.67. The number of thiazole rings is 1. The van der Waals surface area contributed by atoms with Crippen molar-refractivity contribution in [1.82, 2.24) is 14.8 Å². The Morgan fingerprint density at radius 1 is 1.15 bits per heavy atom. The van der Waals surface area contributed by atoms with Crippen LogP contribution < -0.4 is 0 Å². The molecule has 1 aliphatic carbocycles. The summed E-state index contributed by atoms with van der Waals surface area (Å²) in [5, 5.41) is 3.28. The van der Waals surface area contributed by atoms with Crippen LogP contribution in [-0.2, 0) is 11.3 Å². The summed E-state index contributed by atoms with van der Waals surface area (Å²) in [6.07, 6.45) is 7.69. The lowest BCUT2D eigenvalue weighted by Gasteiger charge is -2.50. The van der Waals surface area contributed by atoms with Gasteiger partial charge in [-0.25, -0.2) is 4.98 Å². The number of piperidine rings is 2. The van der Waals surface area contributed by atoms with E-state index in [0.717, 1.165) is 32.6 Å². The van der Waals surface area contributed by atoms with Crippen molar-refractivity contribution in [2.45, 2.75) is 50.6 Å². The molecule has 5 rings (SSSR count). The van der Waals surface area contributed by atoms with Crippen LogP contribution >= 0.6 is 11.3 Å². The van der Waals surface area contributed by atoms with Crippen molar-refractivity contribution < 1.29 is 4.79 Å². The summed E-state index contributed by atoms with van der Waals surface area (Å²) in [5.41, 5.74) is 1.49. The van der Waals surface area contributed by atoms with E-state index in [2.05, 4.69) is 44.4 Å².